The van der Waals surface area contributed by atoms with Gasteiger partial charge >= 0.3 is 0 Å². The fraction of sp³-hybridized carbons (Fsp3) is 0.222. The number of rotatable bonds is 0. The number of anilines is 1. The molecule has 61 valence electrons. The van der Waals surface area contributed by atoms with Gasteiger partial charge in [0.25, 0.3) is 5.91 Å². The fourth-order valence-corrected chi connectivity index (χ4v) is 1.09. The van der Waals surface area contributed by atoms with Crippen LogP contribution in [0.2, 0.25) is 0 Å². The zero-order valence-corrected chi connectivity index (χ0v) is 6.63. The molecule has 0 aromatic heterocycles. The lowest BCUT2D eigenvalue weighted by Gasteiger charge is -2.22. The van der Waals surface area contributed by atoms with Gasteiger partial charge in [0.2, 0.25) is 0 Å². The molecule has 0 aliphatic carbocycles. The van der Waals surface area contributed by atoms with E-state index in [1.807, 2.05) is 0 Å². The van der Waals surface area contributed by atoms with Crippen molar-refractivity contribution in [2.75, 3.05) is 5.32 Å². The summed E-state index contributed by atoms with van der Waals surface area (Å²) in [6.45, 7) is 1.72. The van der Waals surface area contributed by atoms with E-state index in [0.717, 1.165) is 0 Å². The highest BCUT2D eigenvalue weighted by molar-refractivity contribution is 5.97. The van der Waals surface area contributed by atoms with Crippen LogP contribution in [0.4, 0.5) is 5.69 Å². The van der Waals surface area contributed by atoms with Crippen LogP contribution in [-0.2, 0) is 4.79 Å². The highest BCUT2D eigenvalue weighted by Gasteiger charge is 2.22. The number of hydrogen-bond donors (Lipinski definition) is 1. The number of hydrogen-bond acceptors (Lipinski definition) is 2. The number of fused-ring (bicyclic) bond motifs is 1. The number of ether oxygens (including phenoxy) is 1. The molecule has 1 unspecified atom stereocenters. The van der Waals surface area contributed by atoms with Gasteiger partial charge in [-0.05, 0) is 25.1 Å². The van der Waals surface area contributed by atoms with Crippen molar-refractivity contribution >= 4 is 11.6 Å². The first-order valence-corrected chi connectivity index (χ1v) is 3.75. The molecule has 1 aliphatic heterocycles. The first-order chi connectivity index (χ1) is 5.77. The van der Waals surface area contributed by atoms with Crippen molar-refractivity contribution < 1.29 is 9.53 Å². The average Bonchev–Trinajstić information content (AvgIpc) is 2.07. The third-order valence-electron chi connectivity index (χ3n) is 1.75. The highest BCUT2D eigenvalue weighted by atomic mass is 16.5. The topological polar surface area (TPSA) is 38.3 Å². The molecule has 12 heavy (non-hydrogen) atoms. The van der Waals surface area contributed by atoms with E-state index in [9.17, 15) is 4.79 Å². The summed E-state index contributed by atoms with van der Waals surface area (Å²) >= 11 is 0. The molecule has 1 N–H and O–H groups in total. The molecule has 0 saturated carbocycles. The molecule has 0 saturated heterocycles. The van der Waals surface area contributed by atoms with Crippen LogP contribution in [0.25, 0.3) is 0 Å². The lowest BCUT2D eigenvalue weighted by Crippen LogP contribution is -2.34. The minimum atomic E-state index is -0.403. The number of nitrogens with one attached hydrogen (secondary N) is 1. The molecular weight excluding hydrogens is 154 g/mol. The van der Waals surface area contributed by atoms with Crippen molar-refractivity contribution in [2.45, 2.75) is 13.0 Å². The highest BCUT2D eigenvalue weighted by Crippen LogP contribution is 2.28. The third kappa shape index (κ3) is 1.03. The Morgan fingerprint density at radius 2 is 2.50 bits per heavy atom. The van der Waals surface area contributed by atoms with Crippen LogP contribution < -0.4 is 10.1 Å². The van der Waals surface area contributed by atoms with Crippen LogP contribution >= 0.6 is 0 Å². The van der Waals surface area contributed by atoms with Crippen LogP contribution in [0, 0.1) is 6.07 Å². The van der Waals surface area contributed by atoms with E-state index in [-0.39, 0.29) is 5.91 Å². The monoisotopic (exact) mass is 162 g/mol. The van der Waals surface area contributed by atoms with Crippen molar-refractivity contribution in [2.24, 2.45) is 0 Å². The predicted octanol–water partition coefficient (Wildman–Crippen LogP) is 1.21. The maximum absolute atomic E-state index is 11.1. The summed E-state index contributed by atoms with van der Waals surface area (Å²) < 4.78 is 5.31. The summed E-state index contributed by atoms with van der Waals surface area (Å²) in [6.07, 6.45) is -0.403. The van der Waals surface area contributed by atoms with E-state index in [1.54, 1.807) is 25.1 Å². The molecule has 1 aromatic rings. The van der Waals surface area contributed by atoms with Crippen LogP contribution in [-0.4, -0.2) is 12.0 Å². The second-order valence-electron chi connectivity index (χ2n) is 2.67. The van der Waals surface area contributed by atoms with E-state index in [4.69, 9.17) is 4.74 Å². The standard InChI is InChI=1S/C9H8NO2/c1-6-9(11)10-7-4-2-3-5-8(7)12-6/h3-6H,1H3,(H,10,11). The maximum atomic E-state index is 11.1. The predicted molar refractivity (Wildman–Crippen MR) is 44.0 cm³/mol. The van der Waals surface area contributed by atoms with Gasteiger partial charge in [-0.15, -0.1) is 0 Å². The Kier molecular flexibility index (Phi) is 1.50. The summed E-state index contributed by atoms with van der Waals surface area (Å²) in [4.78, 5) is 11.1. The number of benzene rings is 1. The third-order valence-corrected chi connectivity index (χ3v) is 1.75. The Morgan fingerprint density at radius 1 is 1.67 bits per heavy atom. The van der Waals surface area contributed by atoms with Gasteiger partial charge in [-0.1, -0.05) is 6.07 Å². The quantitative estimate of drug-likeness (QED) is 0.622. The molecule has 1 radical (unpaired) electrons. The Balaban J connectivity index is 2.40. The smallest absolute Gasteiger partial charge is 0.265 e. The Morgan fingerprint density at radius 3 is 3.33 bits per heavy atom. The molecule has 0 spiro atoms. The van der Waals surface area contributed by atoms with Crippen LogP contribution in [0.15, 0.2) is 18.2 Å². The lowest BCUT2D eigenvalue weighted by atomic mass is 10.2. The van der Waals surface area contributed by atoms with Gasteiger partial charge in [0, 0.05) is 0 Å². The summed E-state index contributed by atoms with van der Waals surface area (Å²) in [6, 6.07) is 8.09. The van der Waals surface area contributed by atoms with Crippen LogP contribution in [0.1, 0.15) is 6.92 Å². The van der Waals surface area contributed by atoms with Crippen molar-refractivity contribution in [3.8, 4) is 5.75 Å². The first-order valence-electron chi connectivity index (χ1n) is 3.75. The molecular formula is C9H8NO2. The Labute approximate surface area is 70.3 Å². The number of amides is 1. The van der Waals surface area contributed by atoms with Gasteiger partial charge in [-0.3, -0.25) is 4.79 Å². The summed E-state index contributed by atoms with van der Waals surface area (Å²) in [5.74, 6) is 0.600. The van der Waals surface area contributed by atoms with Gasteiger partial charge in [0.15, 0.2) is 6.10 Å². The van der Waals surface area contributed by atoms with Crippen LogP contribution in [0.5, 0.6) is 5.75 Å². The zero-order valence-electron chi connectivity index (χ0n) is 6.63. The van der Waals surface area contributed by atoms with Gasteiger partial charge in [-0.2, -0.15) is 0 Å². The molecule has 3 heteroatoms. The lowest BCUT2D eigenvalue weighted by molar-refractivity contribution is -0.122. The normalized spacial score (nSPS) is 20.8. The zero-order chi connectivity index (χ0) is 8.55. The van der Waals surface area contributed by atoms with Crippen molar-refractivity contribution in [1.82, 2.24) is 0 Å². The van der Waals surface area contributed by atoms with Crippen molar-refractivity contribution in [3.63, 3.8) is 0 Å². The van der Waals surface area contributed by atoms with Gasteiger partial charge in [0.05, 0.1) is 5.69 Å². The summed E-state index contributed by atoms with van der Waals surface area (Å²) in [5.41, 5.74) is 0.695. The number of carbonyl (C=O) groups is 1. The number of carbonyl (C=O) groups excluding carboxylic acids is 1. The van der Waals surface area contributed by atoms with Crippen molar-refractivity contribution in [1.29, 1.82) is 0 Å². The van der Waals surface area contributed by atoms with Crippen molar-refractivity contribution in [3.05, 3.63) is 24.3 Å². The van der Waals surface area contributed by atoms with Gasteiger partial charge in [0.1, 0.15) is 5.75 Å². The molecule has 0 bridgehead atoms. The Bertz CT molecular complexity index is 322. The molecule has 0 fully saturated rings. The molecule has 1 heterocycles. The van der Waals surface area contributed by atoms with E-state index in [2.05, 4.69) is 11.4 Å². The summed E-state index contributed by atoms with van der Waals surface area (Å²) in [5, 5.41) is 2.71. The Hall–Kier alpha value is -1.51. The summed E-state index contributed by atoms with van der Waals surface area (Å²) in [7, 11) is 0. The SMILES string of the molecule is CC1Oc2cc[c]cc2NC1=O. The van der Waals surface area contributed by atoms with E-state index < -0.39 is 6.10 Å². The second kappa shape index (κ2) is 2.52. The van der Waals surface area contributed by atoms with Gasteiger partial charge < -0.3 is 10.1 Å². The second-order valence-corrected chi connectivity index (χ2v) is 2.67. The average molecular weight is 162 g/mol. The molecule has 2 rings (SSSR count). The minimum absolute atomic E-state index is 0.109. The maximum Gasteiger partial charge on any atom is 0.265 e. The molecule has 1 atom stereocenters. The van der Waals surface area contributed by atoms with Gasteiger partial charge in [-0.25, -0.2) is 0 Å². The molecule has 1 amide bonds. The minimum Gasteiger partial charge on any atom is -0.479 e. The van der Waals surface area contributed by atoms with E-state index in [0.29, 0.717) is 11.4 Å². The van der Waals surface area contributed by atoms with E-state index >= 15 is 0 Å². The first kappa shape index (κ1) is 7.16. The van der Waals surface area contributed by atoms with Crippen LogP contribution in [0.3, 0.4) is 0 Å². The molecule has 3 nitrogen and oxygen atoms in total. The van der Waals surface area contributed by atoms with E-state index in [1.165, 1.54) is 0 Å². The largest absolute Gasteiger partial charge is 0.479 e. The molecule has 1 aliphatic rings. The molecule has 1 aromatic carbocycles. The fourth-order valence-electron chi connectivity index (χ4n) is 1.09.